The molecule has 0 fully saturated rings. The standard InChI is InChI=1S/C15H22BrNO4/c1-10(2)4-5-17-14(19)9-21-15-12(16)6-11(8-18)7-13(15)20-3/h6-7,10,18H,4-5,8-9H2,1-3H3,(H,17,19). The van der Waals surface area contributed by atoms with Crippen molar-refractivity contribution in [1.29, 1.82) is 0 Å². The second kappa shape index (κ2) is 8.89. The smallest absolute Gasteiger partial charge is 0.257 e. The molecule has 1 rings (SSSR count). The van der Waals surface area contributed by atoms with Crippen LogP contribution in [-0.2, 0) is 11.4 Å². The Morgan fingerprint density at radius 2 is 2.14 bits per heavy atom. The van der Waals surface area contributed by atoms with Crippen molar-refractivity contribution >= 4 is 21.8 Å². The summed E-state index contributed by atoms with van der Waals surface area (Å²) >= 11 is 3.35. The van der Waals surface area contributed by atoms with Gasteiger partial charge in [-0.25, -0.2) is 0 Å². The maximum Gasteiger partial charge on any atom is 0.257 e. The molecule has 0 saturated carbocycles. The first-order valence-electron chi connectivity index (χ1n) is 6.84. The minimum absolute atomic E-state index is 0.0779. The molecular formula is C15H22BrNO4. The topological polar surface area (TPSA) is 67.8 Å². The zero-order valence-electron chi connectivity index (χ0n) is 12.6. The number of aliphatic hydroxyl groups is 1. The molecule has 0 aromatic heterocycles. The summed E-state index contributed by atoms with van der Waals surface area (Å²) in [5, 5.41) is 12.0. The fraction of sp³-hybridized carbons (Fsp3) is 0.533. The maximum atomic E-state index is 11.7. The van der Waals surface area contributed by atoms with Gasteiger partial charge in [-0.05, 0) is 46.0 Å². The minimum Gasteiger partial charge on any atom is -0.493 e. The Kier molecular flexibility index (Phi) is 7.53. The van der Waals surface area contributed by atoms with E-state index in [2.05, 4.69) is 35.1 Å². The van der Waals surface area contributed by atoms with Gasteiger partial charge in [0.05, 0.1) is 18.2 Å². The van der Waals surface area contributed by atoms with Crippen LogP contribution in [0.25, 0.3) is 0 Å². The molecular weight excluding hydrogens is 338 g/mol. The van der Waals surface area contributed by atoms with Crippen LogP contribution in [0.2, 0.25) is 0 Å². The SMILES string of the molecule is COc1cc(CO)cc(Br)c1OCC(=O)NCCC(C)C. The quantitative estimate of drug-likeness (QED) is 0.748. The van der Waals surface area contributed by atoms with E-state index in [1.54, 1.807) is 12.1 Å². The van der Waals surface area contributed by atoms with Gasteiger partial charge < -0.3 is 19.9 Å². The third-order valence-electron chi connectivity index (χ3n) is 2.86. The number of rotatable bonds is 8. The highest BCUT2D eigenvalue weighted by Crippen LogP contribution is 2.36. The molecule has 0 atom stereocenters. The molecule has 0 aliphatic carbocycles. The first-order chi connectivity index (χ1) is 9.97. The van der Waals surface area contributed by atoms with Crippen molar-refractivity contribution in [2.75, 3.05) is 20.3 Å². The van der Waals surface area contributed by atoms with E-state index < -0.39 is 0 Å². The predicted octanol–water partition coefficient (Wildman–Crippen LogP) is 2.49. The maximum absolute atomic E-state index is 11.7. The third kappa shape index (κ3) is 5.93. The summed E-state index contributed by atoms with van der Waals surface area (Å²) in [5.41, 5.74) is 0.701. The van der Waals surface area contributed by atoms with Crippen LogP contribution in [0, 0.1) is 5.92 Å². The summed E-state index contributed by atoms with van der Waals surface area (Å²) in [5.74, 6) is 1.31. The first-order valence-corrected chi connectivity index (χ1v) is 7.64. The van der Waals surface area contributed by atoms with Crippen molar-refractivity contribution in [1.82, 2.24) is 5.32 Å². The van der Waals surface area contributed by atoms with Crippen molar-refractivity contribution in [3.63, 3.8) is 0 Å². The van der Waals surface area contributed by atoms with Crippen molar-refractivity contribution < 1.29 is 19.4 Å². The monoisotopic (exact) mass is 359 g/mol. The number of methoxy groups -OCH3 is 1. The molecule has 5 nitrogen and oxygen atoms in total. The Bertz CT molecular complexity index is 477. The van der Waals surface area contributed by atoms with Crippen LogP contribution in [0.15, 0.2) is 16.6 Å². The number of nitrogens with one attached hydrogen (secondary N) is 1. The molecule has 0 radical (unpaired) electrons. The first kappa shape index (κ1) is 17.8. The lowest BCUT2D eigenvalue weighted by molar-refractivity contribution is -0.123. The molecule has 0 aliphatic heterocycles. The number of hydrogen-bond donors (Lipinski definition) is 2. The van der Waals surface area contributed by atoms with Crippen LogP contribution >= 0.6 is 15.9 Å². The van der Waals surface area contributed by atoms with Gasteiger partial charge in [-0.3, -0.25) is 4.79 Å². The lowest BCUT2D eigenvalue weighted by atomic mass is 10.1. The molecule has 118 valence electrons. The second-order valence-corrected chi connectivity index (χ2v) is 5.94. The summed E-state index contributed by atoms with van der Waals surface area (Å²) in [6.07, 6.45) is 0.934. The third-order valence-corrected chi connectivity index (χ3v) is 3.45. The number of benzene rings is 1. The van der Waals surface area contributed by atoms with Crippen LogP contribution in [0.5, 0.6) is 11.5 Å². The number of aliphatic hydroxyl groups excluding tert-OH is 1. The number of carbonyl (C=O) groups is 1. The van der Waals surface area contributed by atoms with E-state index in [-0.39, 0.29) is 19.1 Å². The van der Waals surface area contributed by atoms with Gasteiger partial charge >= 0.3 is 0 Å². The van der Waals surface area contributed by atoms with Gasteiger partial charge in [0.15, 0.2) is 18.1 Å². The van der Waals surface area contributed by atoms with Crippen LogP contribution in [0.3, 0.4) is 0 Å². The van der Waals surface area contributed by atoms with Gasteiger partial charge in [0.1, 0.15) is 0 Å². The summed E-state index contributed by atoms with van der Waals surface area (Å²) in [6.45, 7) is 4.68. The lowest BCUT2D eigenvalue weighted by Gasteiger charge is -2.14. The zero-order chi connectivity index (χ0) is 15.8. The normalized spacial score (nSPS) is 10.6. The van der Waals surface area contributed by atoms with Crippen molar-refractivity contribution in [3.8, 4) is 11.5 Å². The highest BCUT2D eigenvalue weighted by Gasteiger charge is 2.13. The summed E-state index contributed by atoms with van der Waals surface area (Å²) in [6, 6.07) is 3.41. The lowest BCUT2D eigenvalue weighted by Crippen LogP contribution is -2.30. The van der Waals surface area contributed by atoms with Gasteiger partial charge in [-0.2, -0.15) is 0 Å². The highest BCUT2D eigenvalue weighted by atomic mass is 79.9. The molecule has 2 N–H and O–H groups in total. The van der Waals surface area contributed by atoms with E-state index in [0.29, 0.717) is 34.0 Å². The molecule has 0 spiro atoms. The van der Waals surface area contributed by atoms with Gasteiger partial charge in [-0.1, -0.05) is 13.8 Å². The molecule has 1 aromatic rings. The molecule has 0 heterocycles. The second-order valence-electron chi connectivity index (χ2n) is 5.09. The van der Waals surface area contributed by atoms with E-state index in [1.807, 2.05) is 0 Å². The number of halogens is 1. The predicted molar refractivity (Wildman–Crippen MR) is 84.6 cm³/mol. The molecule has 0 bridgehead atoms. The summed E-state index contributed by atoms with van der Waals surface area (Å²) in [7, 11) is 1.51. The number of ether oxygens (including phenoxy) is 2. The van der Waals surface area contributed by atoms with E-state index in [9.17, 15) is 4.79 Å². The van der Waals surface area contributed by atoms with E-state index in [4.69, 9.17) is 14.6 Å². The Morgan fingerprint density at radius 1 is 1.43 bits per heavy atom. The fourth-order valence-corrected chi connectivity index (χ4v) is 2.30. The Balaban J connectivity index is 2.60. The Morgan fingerprint density at radius 3 is 2.71 bits per heavy atom. The van der Waals surface area contributed by atoms with Crippen LogP contribution < -0.4 is 14.8 Å². The average molecular weight is 360 g/mol. The average Bonchev–Trinajstić information content (AvgIpc) is 2.44. The number of amides is 1. The molecule has 0 aliphatic rings. The van der Waals surface area contributed by atoms with Crippen LogP contribution in [-0.4, -0.2) is 31.3 Å². The van der Waals surface area contributed by atoms with E-state index in [0.717, 1.165) is 6.42 Å². The Hall–Kier alpha value is -1.27. The summed E-state index contributed by atoms with van der Waals surface area (Å²) < 4.78 is 11.4. The Labute approximate surface area is 133 Å². The molecule has 6 heteroatoms. The zero-order valence-corrected chi connectivity index (χ0v) is 14.2. The number of hydrogen-bond acceptors (Lipinski definition) is 4. The van der Waals surface area contributed by atoms with Gasteiger partial charge in [0.2, 0.25) is 0 Å². The molecule has 1 aromatic carbocycles. The van der Waals surface area contributed by atoms with Gasteiger partial charge in [-0.15, -0.1) is 0 Å². The van der Waals surface area contributed by atoms with E-state index in [1.165, 1.54) is 7.11 Å². The molecule has 21 heavy (non-hydrogen) atoms. The van der Waals surface area contributed by atoms with Crippen LogP contribution in [0.4, 0.5) is 0 Å². The van der Waals surface area contributed by atoms with Crippen LogP contribution in [0.1, 0.15) is 25.8 Å². The van der Waals surface area contributed by atoms with E-state index >= 15 is 0 Å². The molecule has 1 amide bonds. The minimum atomic E-state index is -0.171. The van der Waals surface area contributed by atoms with Gasteiger partial charge in [0, 0.05) is 6.54 Å². The largest absolute Gasteiger partial charge is 0.493 e. The van der Waals surface area contributed by atoms with Crippen molar-refractivity contribution in [2.24, 2.45) is 5.92 Å². The fourth-order valence-electron chi connectivity index (χ4n) is 1.69. The summed E-state index contributed by atoms with van der Waals surface area (Å²) in [4.78, 5) is 11.7. The highest BCUT2D eigenvalue weighted by molar-refractivity contribution is 9.10. The molecule has 0 saturated heterocycles. The molecule has 0 unspecified atom stereocenters. The van der Waals surface area contributed by atoms with Crippen molar-refractivity contribution in [2.45, 2.75) is 26.9 Å². The van der Waals surface area contributed by atoms with Gasteiger partial charge in [0.25, 0.3) is 5.91 Å². The number of carbonyl (C=O) groups excluding carboxylic acids is 1. The van der Waals surface area contributed by atoms with Crippen molar-refractivity contribution in [3.05, 3.63) is 22.2 Å².